The van der Waals surface area contributed by atoms with Gasteiger partial charge in [-0.15, -0.1) is 0 Å². The van der Waals surface area contributed by atoms with E-state index in [1.54, 1.807) is 5.32 Å². The molecule has 0 unspecified atom stereocenters. The molecule has 9 nitrogen and oxygen atoms in total. The maximum absolute atomic E-state index is 12.1. The second-order valence-electron chi connectivity index (χ2n) is 4.50. The molecule has 12 heteroatoms. The lowest BCUT2D eigenvalue weighted by Gasteiger charge is -2.15. The molecule has 0 saturated heterocycles. The number of nitro groups is 1. The summed E-state index contributed by atoms with van der Waals surface area (Å²) >= 11 is 0. The van der Waals surface area contributed by atoms with Gasteiger partial charge in [-0.25, -0.2) is 4.98 Å². The molecule has 1 atom stereocenters. The number of halogens is 3. The van der Waals surface area contributed by atoms with Crippen LogP contribution in [0.4, 0.5) is 19.0 Å². The Morgan fingerprint density at radius 3 is 2.83 bits per heavy atom. The van der Waals surface area contributed by atoms with Crippen LogP contribution in [-0.4, -0.2) is 44.3 Å². The predicted octanol–water partition coefficient (Wildman–Crippen LogP) is 1.08. The summed E-state index contributed by atoms with van der Waals surface area (Å²) in [4.78, 5) is 24.6. The Kier molecular flexibility index (Phi) is 4.33. The van der Waals surface area contributed by atoms with E-state index in [1.165, 1.54) is 19.1 Å². The zero-order chi connectivity index (χ0) is 17.2. The molecule has 0 aliphatic rings. The van der Waals surface area contributed by atoms with E-state index in [4.69, 9.17) is 4.74 Å². The molecule has 0 spiro atoms. The average Bonchev–Trinajstić information content (AvgIpc) is 2.87. The number of imidazole rings is 1. The number of rotatable bonds is 5. The summed E-state index contributed by atoms with van der Waals surface area (Å²) in [6.45, 7) is 1.00. The van der Waals surface area contributed by atoms with Gasteiger partial charge in [-0.2, -0.15) is 13.2 Å². The molecule has 0 bridgehead atoms. The van der Waals surface area contributed by atoms with Gasteiger partial charge < -0.3 is 20.2 Å². The third-order valence-corrected chi connectivity index (χ3v) is 2.62. The molecule has 2 rings (SSSR count). The van der Waals surface area contributed by atoms with Gasteiger partial charge in [0.15, 0.2) is 0 Å². The maximum atomic E-state index is 12.1. The van der Waals surface area contributed by atoms with E-state index >= 15 is 0 Å². The fourth-order valence-electron chi connectivity index (χ4n) is 1.60. The molecular weight excluding hydrogens is 323 g/mol. The van der Waals surface area contributed by atoms with E-state index in [2.05, 4.69) is 10.1 Å². The summed E-state index contributed by atoms with van der Waals surface area (Å²) in [6, 6.07) is 1.80. The summed E-state index contributed by atoms with van der Waals surface area (Å²) in [5, 5.41) is 16.3. The third-order valence-electron chi connectivity index (χ3n) is 2.62. The summed E-state index contributed by atoms with van der Waals surface area (Å²) in [5.74, 6) is -2.53. The van der Waals surface area contributed by atoms with Crippen LogP contribution in [0.5, 0.6) is 5.88 Å². The third kappa shape index (κ3) is 3.84. The van der Waals surface area contributed by atoms with Gasteiger partial charge in [-0.1, -0.05) is 4.52 Å². The highest BCUT2D eigenvalue weighted by Gasteiger charge is 2.39. The van der Waals surface area contributed by atoms with Crippen LogP contribution in [0, 0.1) is 10.1 Å². The smallest absolute Gasteiger partial charge is 0.471 e. The second-order valence-corrected chi connectivity index (χ2v) is 4.50. The van der Waals surface area contributed by atoms with Crippen molar-refractivity contribution >= 4 is 17.4 Å². The highest BCUT2D eigenvalue weighted by atomic mass is 19.4. The number of ether oxygens (including phenoxy) is 1. The normalized spacial score (nSPS) is 12.9. The maximum Gasteiger partial charge on any atom is 0.471 e. The van der Waals surface area contributed by atoms with Crippen molar-refractivity contribution in [3.63, 3.8) is 0 Å². The molecule has 0 radical (unpaired) electrons. The number of carbonyl (C=O) groups excluding carboxylic acids is 1. The quantitative estimate of drug-likeness (QED) is 0.647. The van der Waals surface area contributed by atoms with E-state index in [0.717, 1.165) is 10.7 Å². The van der Waals surface area contributed by atoms with Gasteiger partial charge >= 0.3 is 17.9 Å². The van der Waals surface area contributed by atoms with Crippen LogP contribution >= 0.6 is 0 Å². The Morgan fingerprint density at radius 1 is 1.52 bits per heavy atom. The van der Waals surface area contributed by atoms with Crippen LogP contribution in [0.3, 0.4) is 0 Å². The SMILES string of the molecule is C[C@H](COc1ccc2ncc([N+](=O)[O-])n2n1)NC(=O)C(F)(F)F. The number of aromatic nitrogens is 3. The predicted molar refractivity (Wildman–Crippen MR) is 68.8 cm³/mol. The van der Waals surface area contributed by atoms with Crippen LogP contribution in [-0.2, 0) is 4.79 Å². The van der Waals surface area contributed by atoms with Gasteiger partial charge in [-0.3, -0.25) is 4.79 Å². The average molecular weight is 333 g/mol. The largest absolute Gasteiger partial charge is 0.473 e. The first kappa shape index (κ1) is 16.5. The van der Waals surface area contributed by atoms with Crippen molar-refractivity contribution in [2.75, 3.05) is 6.61 Å². The summed E-state index contributed by atoms with van der Waals surface area (Å²) in [7, 11) is 0. The summed E-state index contributed by atoms with van der Waals surface area (Å²) in [6.07, 6.45) is -3.97. The van der Waals surface area contributed by atoms with Crippen molar-refractivity contribution in [1.82, 2.24) is 19.9 Å². The number of amides is 1. The number of alkyl halides is 3. The fourth-order valence-corrected chi connectivity index (χ4v) is 1.60. The Balaban J connectivity index is 2.03. The van der Waals surface area contributed by atoms with Crippen molar-refractivity contribution in [2.24, 2.45) is 0 Å². The van der Waals surface area contributed by atoms with Crippen molar-refractivity contribution in [3.05, 3.63) is 28.4 Å². The zero-order valence-corrected chi connectivity index (χ0v) is 11.6. The Labute approximate surface area is 126 Å². The van der Waals surface area contributed by atoms with Crippen LogP contribution in [0.1, 0.15) is 6.92 Å². The fraction of sp³-hybridized carbons (Fsp3) is 0.364. The van der Waals surface area contributed by atoms with Crippen LogP contribution in [0.2, 0.25) is 0 Å². The molecule has 0 aliphatic carbocycles. The van der Waals surface area contributed by atoms with E-state index in [9.17, 15) is 28.1 Å². The molecule has 0 aliphatic heterocycles. The van der Waals surface area contributed by atoms with Gasteiger partial charge in [0.2, 0.25) is 5.65 Å². The second kappa shape index (κ2) is 6.06. The highest BCUT2D eigenvalue weighted by Crippen LogP contribution is 2.16. The zero-order valence-electron chi connectivity index (χ0n) is 11.6. The molecule has 0 fully saturated rings. The lowest BCUT2D eigenvalue weighted by molar-refractivity contribution is -0.391. The topological polar surface area (TPSA) is 112 Å². The minimum absolute atomic E-state index is 0.0632. The van der Waals surface area contributed by atoms with E-state index < -0.39 is 23.0 Å². The molecule has 0 saturated carbocycles. The number of hydrogen-bond acceptors (Lipinski definition) is 6. The molecule has 124 valence electrons. The first-order chi connectivity index (χ1) is 10.7. The molecule has 1 amide bonds. The molecule has 23 heavy (non-hydrogen) atoms. The number of nitrogens with zero attached hydrogens (tertiary/aromatic N) is 4. The Hall–Kier alpha value is -2.92. The lowest BCUT2D eigenvalue weighted by atomic mass is 10.3. The summed E-state index contributed by atoms with van der Waals surface area (Å²) in [5.41, 5.74) is 0.211. The minimum Gasteiger partial charge on any atom is -0.473 e. The number of hydrogen-bond donors (Lipinski definition) is 1. The van der Waals surface area contributed by atoms with Crippen molar-refractivity contribution < 1.29 is 27.6 Å². The standard InChI is InChI=1S/C11H10F3N5O4/c1-6(16-10(20)11(12,13)14)5-23-8-3-2-7-15-4-9(19(21)22)18(7)17-8/h2-4,6H,5H2,1H3,(H,16,20)/t6-/m1/s1. The van der Waals surface area contributed by atoms with Crippen LogP contribution in [0.25, 0.3) is 5.65 Å². The molecule has 2 aromatic rings. The lowest BCUT2D eigenvalue weighted by Crippen LogP contribution is -2.44. The molecule has 2 heterocycles. The summed E-state index contributed by atoms with van der Waals surface area (Å²) < 4.78 is 42.3. The van der Waals surface area contributed by atoms with E-state index in [-0.39, 0.29) is 24.0 Å². The van der Waals surface area contributed by atoms with Crippen LogP contribution in [0.15, 0.2) is 18.3 Å². The molecular formula is C11H10F3N5O4. The van der Waals surface area contributed by atoms with Gasteiger partial charge in [-0.05, 0) is 16.9 Å². The number of fused-ring (bicyclic) bond motifs is 1. The Morgan fingerprint density at radius 2 is 2.22 bits per heavy atom. The van der Waals surface area contributed by atoms with Gasteiger partial charge in [0.05, 0.1) is 6.04 Å². The minimum atomic E-state index is -4.98. The number of carbonyl (C=O) groups is 1. The first-order valence-corrected chi connectivity index (χ1v) is 6.18. The van der Waals surface area contributed by atoms with Gasteiger partial charge in [0, 0.05) is 12.1 Å². The molecule has 2 aromatic heterocycles. The van der Waals surface area contributed by atoms with Crippen molar-refractivity contribution in [2.45, 2.75) is 19.1 Å². The van der Waals surface area contributed by atoms with Crippen LogP contribution < -0.4 is 10.1 Å². The van der Waals surface area contributed by atoms with Crippen molar-refractivity contribution in [1.29, 1.82) is 0 Å². The van der Waals surface area contributed by atoms with Gasteiger partial charge in [0.1, 0.15) is 12.8 Å². The van der Waals surface area contributed by atoms with E-state index in [0.29, 0.717) is 0 Å². The monoisotopic (exact) mass is 333 g/mol. The van der Waals surface area contributed by atoms with Crippen molar-refractivity contribution in [3.8, 4) is 5.88 Å². The Bertz CT molecular complexity index is 745. The molecule has 0 aromatic carbocycles. The number of nitrogens with one attached hydrogen (secondary N) is 1. The molecule has 1 N–H and O–H groups in total. The highest BCUT2D eigenvalue weighted by molar-refractivity contribution is 5.81. The first-order valence-electron chi connectivity index (χ1n) is 6.18. The van der Waals surface area contributed by atoms with E-state index in [1.807, 2.05) is 0 Å². The van der Waals surface area contributed by atoms with Gasteiger partial charge in [0.25, 0.3) is 5.88 Å².